The van der Waals surface area contributed by atoms with E-state index in [1.165, 1.54) is 18.2 Å². The van der Waals surface area contributed by atoms with Gasteiger partial charge >= 0.3 is 5.97 Å². The molecule has 0 bridgehead atoms. The Bertz CT molecular complexity index is 1570. The first kappa shape index (κ1) is 26.7. The summed E-state index contributed by atoms with van der Waals surface area (Å²) < 4.78 is 42.4. The quantitative estimate of drug-likeness (QED) is 0.266. The van der Waals surface area contributed by atoms with Crippen molar-refractivity contribution < 1.29 is 28.2 Å². The van der Waals surface area contributed by atoms with Gasteiger partial charge < -0.3 is 19.1 Å². The average molecular weight is 568 g/mol. The number of fused-ring (bicyclic) bond motifs is 1. The maximum absolute atomic E-state index is 14.9. The fraction of sp³-hybridized carbons (Fsp3) is 0.333. The van der Waals surface area contributed by atoms with Gasteiger partial charge in [0, 0.05) is 24.1 Å². The summed E-state index contributed by atoms with van der Waals surface area (Å²) in [4.78, 5) is 18.6. The van der Waals surface area contributed by atoms with Crippen molar-refractivity contribution in [3.63, 3.8) is 0 Å². The number of hydrogen-bond donors (Lipinski definition) is 1. The Morgan fingerprint density at radius 2 is 1.95 bits per heavy atom. The van der Waals surface area contributed by atoms with E-state index in [1.807, 2.05) is 0 Å². The molecule has 10 heteroatoms. The molecule has 7 nitrogen and oxygen atoms in total. The highest BCUT2D eigenvalue weighted by atomic mass is 35.5. The summed E-state index contributed by atoms with van der Waals surface area (Å²) in [6.45, 7) is 3.41. The number of ether oxygens (including phenoxy) is 2. The minimum atomic E-state index is -0.980. The molecule has 0 radical (unpaired) electrons. The molecule has 0 aliphatic carbocycles. The van der Waals surface area contributed by atoms with Crippen LogP contribution in [0, 0.1) is 11.6 Å². The van der Waals surface area contributed by atoms with Crippen LogP contribution in [0.5, 0.6) is 5.75 Å². The monoisotopic (exact) mass is 567 g/mol. The number of likely N-dealkylation sites (tertiary alicyclic amines) is 1. The van der Waals surface area contributed by atoms with Crippen LogP contribution in [0.25, 0.3) is 11.0 Å². The Kier molecular flexibility index (Phi) is 7.44. The molecule has 2 atom stereocenters. The molecule has 1 unspecified atom stereocenters. The Balaban J connectivity index is 1.17. The van der Waals surface area contributed by atoms with Gasteiger partial charge in [0.2, 0.25) is 0 Å². The van der Waals surface area contributed by atoms with Crippen molar-refractivity contribution in [2.24, 2.45) is 0 Å². The summed E-state index contributed by atoms with van der Waals surface area (Å²) in [5.74, 6) is -0.890. The van der Waals surface area contributed by atoms with Gasteiger partial charge in [-0.25, -0.2) is 18.6 Å². The van der Waals surface area contributed by atoms with Gasteiger partial charge in [0.1, 0.15) is 18.2 Å². The van der Waals surface area contributed by atoms with Gasteiger partial charge in [-0.05, 0) is 79.0 Å². The second kappa shape index (κ2) is 11.2. The van der Waals surface area contributed by atoms with Crippen molar-refractivity contribution in [2.45, 2.75) is 44.6 Å². The second-order valence-corrected chi connectivity index (χ2v) is 10.8. The summed E-state index contributed by atoms with van der Waals surface area (Å²) in [6.07, 6.45) is 1.81. The molecule has 4 aromatic rings. The number of hydrogen-bond acceptors (Lipinski definition) is 5. The maximum atomic E-state index is 14.9. The third kappa shape index (κ3) is 5.54. The van der Waals surface area contributed by atoms with Crippen molar-refractivity contribution >= 4 is 28.6 Å². The lowest BCUT2D eigenvalue weighted by atomic mass is 9.96. The van der Waals surface area contributed by atoms with E-state index in [1.54, 1.807) is 36.4 Å². The van der Waals surface area contributed by atoms with E-state index in [4.69, 9.17) is 26.1 Å². The van der Waals surface area contributed by atoms with Gasteiger partial charge in [0.15, 0.2) is 11.6 Å². The largest absolute Gasteiger partial charge is 0.486 e. The number of carbonyl (C=O) groups is 1. The molecular formula is C30H28ClF2N3O4. The van der Waals surface area contributed by atoms with E-state index in [2.05, 4.69) is 9.47 Å². The van der Waals surface area contributed by atoms with Crippen molar-refractivity contribution in [3.8, 4) is 5.75 Å². The molecule has 208 valence electrons. The number of aromatic carboxylic acids is 1. The van der Waals surface area contributed by atoms with Crippen molar-refractivity contribution in [1.82, 2.24) is 14.5 Å². The highest BCUT2D eigenvalue weighted by Crippen LogP contribution is 2.32. The maximum Gasteiger partial charge on any atom is 0.335 e. The van der Waals surface area contributed by atoms with E-state index in [0.29, 0.717) is 25.2 Å². The van der Waals surface area contributed by atoms with Gasteiger partial charge in [-0.3, -0.25) is 4.90 Å². The van der Waals surface area contributed by atoms with Crippen molar-refractivity contribution in [3.05, 3.63) is 93.8 Å². The third-order valence-electron chi connectivity index (χ3n) is 7.68. The molecular weight excluding hydrogens is 540 g/mol. The van der Waals surface area contributed by atoms with Gasteiger partial charge in [0.25, 0.3) is 0 Å². The number of imidazole rings is 1. The predicted octanol–water partition coefficient (Wildman–Crippen LogP) is 6.02. The van der Waals surface area contributed by atoms with Crippen LogP contribution in [0.15, 0.2) is 54.6 Å². The summed E-state index contributed by atoms with van der Waals surface area (Å²) in [5.41, 5.74) is 3.10. The van der Waals surface area contributed by atoms with Crippen LogP contribution in [0.1, 0.15) is 46.1 Å². The lowest BCUT2D eigenvalue weighted by Gasteiger charge is -2.28. The van der Waals surface area contributed by atoms with Crippen molar-refractivity contribution in [2.75, 3.05) is 19.7 Å². The SMILES string of the molecule is O=C(O)c1ccc2nc(CN3CCC(c4cc(COc5ccc(Cl)cc5F)ccc4F)C3)n(C[C@@H]3CCO3)c2c1. The minimum absolute atomic E-state index is 0.0152. The van der Waals surface area contributed by atoms with E-state index in [-0.39, 0.29) is 40.8 Å². The van der Waals surface area contributed by atoms with Crippen LogP contribution in [-0.2, 0) is 24.4 Å². The number of carboxylic acids is 1. The normalized spacial score (nSPS) is 19.2. The van der Waals surface area contributed by atoms with Gasteiger partial charge in [-0.2, -0.15) is 0 Å². The molecule has 0 amide bonds. The number of benzene rings is 3. The molecule has 40 heavy (non-hydrogen) atoms. The molecule has 6 rings (SSSR count). The first-order chi connectivity index (χ1) is 19.3. The Hall–Kier alpha value is -3.53. The molecule has 2 saturated heterocycles. The number of rotatable bonds is 9. The highest BCUT2D eigenvalue weighted by molar-refractivity contribution is 6.30. The molecule has 2 fully saturated rings. The molecule has 3 heterocycles. The molecule has 2 aliphatic heterocycles. The first-order valence-corrected chi connectivity index (χ1v) is 13.6. The molecule has 2 aliphatic rings. The number of halogens is 3. The predicted molar refractivity (Wildman–Crippen MR) is 146 cm³/mol. The van der Waals surface area contributed by atoms with E-state index in [0.717, 1.165) is 48.4 Å². The molecule has 0 spiro atoms. The second-order valence-electron chi connectivity index (χ2n) is 10.4. The Morgan fingerprint density at radius 1 is 1.10 bits per heavy atom. The molecule has 0 saturated carbocycles. The van der Waals surface area contributed by atoms with Crippen LogP contribution in [-0.4, -0.2) is 51.3 Å². The zero-order chi connectivity index (χ0) is 27.8. The number of nitrogens with zero attached hydrogens (tertiary/aromatic N) is 3. The Labute approximate surface area is 234 Å². The topological polar surface area (TPSA) is 76.8 Å². The third-order valence-corrected chi connectivity index (χ3v) is 7.91. The van der Waals surface area contributed by atoms with Gasteiger partial charge in [-0.15, -0.1) is 0 Å². The van der Waals surface area contributed by atoms with Crippen molar-refractivity contribution in [1.29, 1.82) is 0 Å². The fourth-order valence-corrected chi connectivity index (χ4v) is 5.60. The first-order valence-electron chi connectivity index (χ1n) is 13.3. The standard InChI is InChI=1S/C30H28ClF2N3O4/c31-21-3-6-28(25(33)13-21)40-17-18-1-4-24(32)23(11-18)20-7-9-35(14-20)16-29-34-26-5-2-19(30(37)38)12-27(26)36(29)15-22-8-10-39-22/h1-6,11-13,20,22H,7-10,14-17H2,(H,37,38)/t20?,22-/m0/s1. The Morgan fingerprint density at radius 3 is 2.70 bits per heavy atom. The molecule has 1 N–H and O–H groups in total. The van der Waals surface area contributed by atoms with Crippen LogP contribution in [0.2, 0.25) is 5.02 Å². The lowest BCUT2D eigenvalue weighted by molar-refractivity contribution is -0.0591. The zero-order valence-corrected chi connectivity index (χ0v) is 22.4. The highest BCUT2D eigenvalue weighted by Gasteiger charge is 2.29. The summed E-state index contributed by atoms with van der Waals surface area (Å²) >= 11 is 5.81. The van der Waals surface area contributed by atoms with Crippen LogP contribution in [0.4, 0.5) is 8.78 Å². The van der Waals surface area contributed by atoms with E-state index >= 15 is 0 Å². The van der Waals surface area contributed by atoms with Gasteiger partial charge in [-0.1, -0.05) is 17.7 Å². The molecule has 3 aromatic carbocycles. The van der Waals surface area contributed by atoms with E-state index in [9.17, 15) is 18.7 Å². The van der Waals surface area contributed by atoms with Crippen LogP contribution >= 0.6 is 11.6 Å². The van der Waals surface area contributed by atoms with Crippen LogP contribution < -0.4 is 4.74 Å². The fourth-order valence-electron chi connectivity index (χ4n) is 5.44. The van der Waals surface area contributed by atoms with E-state index < -0.39 is 11.8 Å². The number of aromatic nitrogens is 2. The smallest absolute Gasteiger partial charge is 0.335 e. The summed E-state index contributed by atoms with van der Waals surface area (Å²) in [7, 11) is 0. The lowest BCUT2D eigenvalue weighted by Crippen LogP contribution is -2.32. The summed E-state index contributed by atoms with van der Waals surface area (Å²) in [6, 6.07) is 14.1. The summed E-state index contributed by atoms with van der Waals surface area (Å²) in [5, 5.41) is 9.77. The minimum Gasteiger partial charge on any atom is -0.486 e. The zero-order valence-electron chi connectivity index (χ0n) is 21.7. The average Bonchev–Trinajstić information content (AvgIpc) is 3.50. The van der Waals surface area contributed by atoms with Crippen LogP contribution in [0.3, 0.4) is 0 Å². The number of carboxylic acid groups (broad SMARTS) is 1. The van der Waals surface area contributed by atoms with Gasteiger partial charge in [0.05, 0.1) is 35.8 Å². The molecule has 1 aromatic heterocycles.